The number of carbonyl (C=O) groups excluding carboxylic acids is 1. The highest BCUT2D eigenvalue weighted by Crippen LogP contribution is 2.32. The maximum Gasteiger partial charge on any atom is 0.407 e. The molecule has 2 atom stereocenters. The van der Waals surface area contributed by atoms with Crippen molar-refractivity contribution in [3.63, 3.8) is 0 Å². The average Bonchev–Trinajstić information content (AvgIpc) is 3.09. The monoisotopic (exact) mass is 296 g/mol. The predicted molar refractivity (Wildman–Crippen MR) is 85.3 cm³/mol. The summed E-state index contributed by atoms with van der Waals surface area (Å²) in [6, 6.07) is 0.222. The van der Waals surface area contributed by atoms with Crippen LogP contribution in [0.3, 0.4) is 0 Å². The highest BCUT2D eigenvalue weighted by Gasteiger charge is 2.33. The summed E-state index contributed by atoms with van der Waals surface area (Å²) in [7, 11) is 0. The zero-order valence-corrected chi connectivity index (χ0v) is 14.3. The molecule has 2 unspecified atom stereocenters. The Morgan fingerprint density at radius 1 is 1.29 bits per heavy atom. The summed E-state index contributed by atoms with van der Waals surface area (Å²) < 4.78 is 5.40. The SMILES string of the molecule is CC(C)C1CC(NC(=O)OC(C)(C)C)CN(CC2CC2)C1. The van der Waals surface area contributed by atoms with Crippen LogP contribution in [0.1, 0.15) is 53.9 Å². The van der Waals surface area contributed by atoms with Crippen LogP contribution in [0.25, 0.3) is 0 Å². The van der Waals surface area contributed by atoms with Gasteiger partial charge in [-0.15, -0.1) is 0 Å². The van der Waals surface area contributed by atoms with Gasteiger partial charge >= 0.3 is 6.09 Å². The molecule has 1 N–H and O–H groups in total. The molecule has 4 heteroatoms. The summed E-state index contributed by atoms with van der Waals surface area (Å²) in [6.07, 6.45) is 3.56. The summed E-state index contributed by atoms with van der Waals surface area (Å²) >= 11 is 0. The first kappa shape index (κ1) is 16.6. The van der Waals surface area contributed by atoms with E-state index >= 15 is 0 Å². The van der Waals surface area contributed by atoms with E-state index in [-0.39, 0.29) is 12.1 Å². The number of nitrogens with one attached hydrogen (secondary N) is 1. The van der Waals surface area contributed by atoms with Crippen molar-refractivity contribution in [3.05, 3.63) is 0 Å². The zero-order chi connectivity index (χ0) is 15.6. The van der Waals surface area contributed by atoms with Crippen LogP contribution in [0.15, 0.2) is 0 Å². The zero-order valence-electron chi connectivity index (χ0n) is 14.3. The number of amides is 1. The van der Waals surface area contributed by atoms with Gasteiger partial charge in [0.25, 0.3) is 0 Å². The van der Waals surface area contributed by atoms with Crippen LogP contribution in [0, 0.1) is 17.8 Å². The lowest BCUT2D eigenvalue weighted by atomic mass is 9.85. The van der Waals surface area contributed by atoms with Gasteiger partial charge in [-0.05, 0) is 57.8 Å². The normalized spacial score (nSPS) is 27.7. The largest absolute Gasteiger partial charge is 0.444 e. The van der Waals surface area contributed by atoms with E-state index in [1.165, 1.54) is 25.9 Å². The molecule has 122 valence electrons. The number of ether oxygens (including phenoxy) is 1. The molecule has 1 amide bonds. The summed E-state index contributed by atoms with van der Waals surface area (Å²) in [6.45, 7) is 13.7. The van der Waals surface area contributed by atoms with Crippen molar-refractivity contribution in [1.82, 2.24) is 10.2 Å². The van der Waals surface area contributed by atoms with Crippen LogP contribution in [0.2, 0.25) is 0 Å². The van der Waals surface area contributed by atoms with Gasteiger partial charge in [-0.1, -0.05) is 13.8 Å². The van der Waals surface area contributed by atoms with E-state index in [4.69, 9.17) is 4.74 Å². The molecule has 0 aromatic rings. The fourth-order valence-electron chi connectivity index (χ4n) is 3.11. The van der Waals surface area contributed by atoms with Crippen molar-refractivity contribution in [2.75, 3.05) is 19.6 Å². The minimum atomic E-state index is -0.427. The van der Waals surface area contributed by atoms with Gasteiger partial charge in [0.1, 0.15) is 5.60 Å². The molecule has 0 aromatic heterocycles. The highest BCUT2D eigenvalue weighted by atomic mass is 16.6. The maximum absolute atomic E-state index is 12.0. The van der Waals surface area contributed by atoms with Crippen LogP contribution in [0.5, 0.6) is 0 Å². The molecule has 2 rings (SSSR count). The second kappa shape index (κ2) is 6.55. The molecule has 2 fully saturated rings. The van der Waals surface area contributed by atoms with E-state index < -0.39 is 5.60 Å². The predicted octanol–water partition coefficient (Wildman–Crippen LogP) is 3.27. The topological polar surface area (TPSA) is 41.6 Å². The number of carbonyl (C=O) groups is 1. The van der Waals surface area contributed by atoms with Crippen LogP contribution in [-0.2, 0) is 4.74 Å². The lowest BCUT2D eigenvalue weighted by Gasteiger charge is -2.40. The van der Waals surface area contributed by atoms with E-state index in [2.05, 4.69) is 24.1 Å². The Kier molecular flexibility index (Phi) is 5.18. The van der Waals surface area contributed by atoms with Crippen LogP contribution in [-0.4, -0.2) is 42.3 Å². The molecule has 1 heterocycles. The van der Waals surface area contributed by atoms with Crippen molar-refractivity contribution >= 4 is 6.09 Å². The van der Waals surface area contributed by atoms with Gasteiger partial charge in [-0.2, -0.15) is 0 Å². The lowest BCUT2D eigenvalue weighted by Crippen LogP contribution is -2.52. The van der Waals surface area contributed by atoms with Gasteiger partial charge in [0, 0.05) is 25.7 Å². The fraction of sp³-hybridized carbons (Fsp3) is 0.941. The van der Waals surface area contributed by atoms with Crippen LogP contribution < -0.4 is 5.32 Å². The smallest absolute Gasteiger partial charge is 0.407 e. The molecule has 0 bridgehead atoms. The fourth-order valence-corrected chi connectivity index (χ4v) is 3.11. The minimum absolute atomic E-state index is 0.222. The van der Waals surface area contributed by atoms with Crippen molar-refractivity contribution in [3.8, 4) is 0 Å². The Labute approximate surface area is 129 Å². The molecule has 21 heavy (non-hydrogen) atoms. The van der Waals surface area contributed by atoms with Crippen molar-refractivity contribution in [1.29, 1.82) is 0 Å². The second-order valence-corrected chi connectivity index (χ2v) is 8.24. The molecule has 1 saturated carbocycles. The second-order valence-electron chi connectivity index (χ2n) is 8.24. The van der Waals surface area contributed by atoms with Crippen LogP contribution in [0.4, 0.5) is 4.79 Å². The first-order valence-electron chi connectivity index (χ1n) is 8.45. The molecule has 1 aliphatic carbocycles. The quantitative estimate of drug-likeness (QED) is 0.865. The van der Waals surface area contributed by atoms with Gasteiger partial charge in [-0.3, -0.25) is 0 Å². The molecular formula is C17H32N2O2. The summed E-state index contributed by atoms with van der Waals surface area (Å²) in [5.74, 6) is 2.23. The van der Waals surface area contributed by atoms with E-state index in [9.17, 15) is 4.79 Å². The van der Waals surface area contributed by atoms with E-state index in [0.717, 1.165) is 18.9 Å². The molecule has 2 aliphatic rings. The Bertz CT molecular complexity index is 358. The van der Waals surface area contributed by atoms with Gasteiger partial charge in [0.2, 0.25) is 0 Å². The molecule has 4 nitrogen and oxygen atoms in total. The number of hydrogen-bond acceptors (Lipinski definition) is 3. The highest BCUT2D eigenvalue weighted by molar-refractivity contribution is 5.68. The Morgan fingerprint density at radius 3 is 2.48 bits per heavy atom. The number of rotatable bonds is 4. The molecule has 0 radical (unpaired) electrons. The number of alkyl carbamates (subject to hydrolysis) is 1. The number of hydrogen-bond donors (Lipinski definition) is 1. The van der Waals surface area contributed by atoms with Gasteiger partial charge in [-0.25, -0.2) is 4.79 Å². The maximum atomic E-state index is 12.0. The minimum Gasteiger partial charge on any atom is -0.444 e. The number of nitrogens with zero attached hydrogens (tertiary/aromatic N) is 1. The van der Waals surface area contributed by atoms with E-state index in [0.29, 0.717) is 11.8 Å². The summed E-state index contributed by atoms with van der Waals surface area (Å²) in [5, 5.41) is 3.08. The molecule has 1 saturated heterocycles. The van der Waals surface area contributed by atoms with Gasteiger partial charge in [0.05, 0.1) is 0 Å². The summed E-state index contributed by atoms with van der Waals surface area (Å²) in [4.78, 5) is 14.5. The molecule has 0 aromatic carbocycles. The Balaban J connectivity index is 1.88. The van der Waals surface area contributed by atoms with Gasteiger partial charge < -0.3 is 15.0 Å². The van der Waals surface area contributed by atoms with Crippen molar-refractivity contribution in [2.24, 2.45) is 17.8 Å². The van der Waals surface area contributed by atoms with Crippen LogP contribution >= 0.6 is 0 Å². The van der Waals surface area contributed by atoms with Gasteiger partial charge in [0.15, 0.2) is 0 Å². The number of piperidine rings is 1. The molecular weight excluding hydrogens is 264 g/mol. The standard InChI is InChI=1S/C17H32N2O2/c1-12(2)14-8-15(18-16(20)21-17(3,4)5)11-19(10-14)9-13-6-7-13/h12-15H,6-11H2,1-5H3,(H,18,20). The Hall–Kier alpha value is -0.770. The van der Waals surface area contributed by atoms with E-state index in [1.54, 1.807) is 0 Å². The summed E-state index contributed by atoms with van der Waals surface area (Å²) in [5.41, 5.74) is -0.427. The Morgan fingerprint density at radius 2 is 1.95 bits per heavy atom. The molecule has 1 aliphatic heterocycles. The number of likely N-dealkylation sites (tertiary alicyclic amines) is 1. The lowest BCUT2D eigenvalue weighted by molar-refractivity contribution is 0.0427. The third-order valence-corrected chi connectivity index (χ3v) is 4.44. The van der Waals surface area contributed by atoms with Crippen molar-refractivity contribution < 1.29 is 9.53 Å². The first-order chi connectivity index (χ1) is 9.73. The average molecular weight is 296 g/mol. The first-order valence-corrected chi connectivity index (χ1v) is 8.45. The molecule has 0 spiro atoms. The third-order valence-electron chi connectivity index (χ3n) is 4.44. The van der Waals surface area contributed by atoms with Crippen molar-refractivity contribution in [2.45, 2.75) is 65.5 Å². The van der Waals surface area contributed by atoms with E-state index in [1.807, 2.05) is 20.8 Å². The third kappa shape index (κ3) is 5.85.